The third-order valence-corrected chi connectivity index (χ3v) is 2.62. The zero-order valence-electron chi connectivity index (χ0n) is 7.80. The van der Waals surface area contributed by atoms with Gasteiger partial charge in [0.2, 0.25) is 0 Å². The van der Waals surface area contributed by atoms with E-state index in [4.69, 9.17) is 4.55 Å². The zero-order chi connectivity index (χ0) is 10.9. The molecule has 0 bridgehead atoms. The van der Waals surface area contributed by atoms with Crippen molar-refractivity contribution in [1.29, 1.82) is 0 Å². The molecule has 0 saturated carbocycles. The highest BCUT2D eigenvalue weighted by atomic mass is 32.2. The summed E-state index contributed by atoms with van der Waals surface area (Å²) in [5.74, 6) is -0.460. The minimum Gasteiger partial charge on any atom is -0.506 e. The first kappa shape index (κ1) is 10.8. The Morgan fingerprint density at radius 1 is 1.29 bits per heavy atom. The van der Waals surface area contributed by atoms with Crippen molar-refractivity contribution < 1.29 is 18.1 Å². The molecule has 0 saturated heterocycles. The number of hydrogen-bond acceptors (Lipinski definition) is 4. The number of benzene rings is 1. The van der Waals surface area contributed by atoms with E-state index in [0.717, 1.165) is 0 Å². The third-order valence-electron chi connectivity index (χ3n) is 1.74. The van der Waals surface area contributed by atoms with Crippen molar-refractivity contribution in [2.45, 2.75) is 4.90 Å². The Bertz CT molecular complexity index is 439. The van der Waals surface area contributed by atoms with E-state index >= 15 is 0 Å². The second-order valence-corrected chi connectivity index (χ2v) is 4.41. The molecular weight excluding hydrogens is 206 g/mol. The van der Waals surface area contributed by atoms with Crippen LogP contribution in [0.25, 0.3) is 0 Å². The largest absolute Gasteiger partial charge is 0.506 e. The number of phenols is 1. The van der Waals surface area contributed by atoms with Crippen LogP contribution in [-0.2, 0) is 10.1 Å². The maximum Gasteiger partial charge on any atom is 0.298 e. The molecule has 0 unspecified atom stereocenters. The number of aromatic hydroxyl groups is 1. The van der Waals surface area contributed by atoms with E-state index in [-0.39, 0.29) is 0 Å². The molecule has 0 heterocycles. The molecule has 0 fully saturated rings. The summed E-state index contributed by atoms with van der Waals surface area (Å²) in [6.45, 7) is 0. The molecule has 0 aromatic heterocycles. The van der Waals surface area contributed by atoms with Crippen LogP contribution >= 0.6 is 0 Å². The maximum absolute atomic E-state index is 10.8. The summed E-state index contributed by atoms with van der Waals surface area (Å²) in [5, 5.41) is 9.19. The molecule has 0 atom stereocenters. The van der Waals surface area contributed by atoms with Gasteiger partial charge in [-0.2, -0.15) is 8.42 Å². The summed E-state index contributed by atoms with van der Waals surface area (Å²) in [6.07, 6.45) is 0. The average molecular weight is 217 g/mol. The van der Waals surface area contributed by atoms with E-state index in [0.29, 0.717) is 5.69 Å². The Morgan fingerprint density at radius 2 is 1.86 bits per heavy atom. The molecule has 0 spiro atoms. The molecule has 14 heavy (non-hydrogen) atoms. The number of rotatable bonds is 2. The molecule has 78 valence electrons. The highest BCUT2D eigenvalue weighted by molar-refractivity contribution is 7.86. The monoisotopic (exact) mass is 217 g/mol. The molecule has 1 aromatic carbocycles. The van der Waals surface area contributed by atoms with Crippen LogP contribution in [0.1, 0.15) is 0 Å². The highest BCUT2D eigenvalue weighted by Gasteiger charge is 2.16. The van der Waals surface area contributed by atoms with Gasteiger partial charge < -0.3 is 10.0 Å². The van der Waals surface area contributed by atoms with Gasteiger partial charge in [0.25, 0.3) is 10.1 Å². The van der Waals surface area contributed by atoms with Crippen LogP contribution in [-0.4, -0.2) is 32.2 Å². The Hall–Kier alpha value is -1.27. The highest BCUT2D eigenvalue weighted by Crippen LogP contribution is 2.26. The lowest BCUT2D eigenvalue weighted by molar-refractivity contribution is 0.443. The predicted octanol–water partition coefficient (Wildman–Crippen LogP) is 0.705. The van der Waals surface area contributed by atoms with Crippen LogP contribution < -0.4 is 4.90 Å². The van der Waals surface area contributed by atoms with Crippen molar-refractivity contribution in [3.05, 3.63) is 18.2 Å². The summed E-state index contributed by atoms with van der Waals surface area (Å²) >= 11 is 0. The van der Waals surface area contributed by atoms with Crippen molar-refractivity contribution >= 4 is 15.8 Å². The van der Waals surface area contributed by atoms with Crippen molar-refractivity contribution in [3.63, 3.8) is 0 Å². The minimum absolute atomic E-state index is 0.460. The quantitative estimate of drug-likeness (QED) is 0.713. The van der Waals surface area contributed by atoms with Crippen LogP contribution in [0.2, 0.25) is 0 Å². The maximum atomic E-state index is 10.8. The molecule has 0 radical (unpaired) electrons. The third kappa shape index (κ3) is 2.15. The standard InChI is InChI=1S/C8H11NO4S/c1-9(2)6-3-4-7(10)8(5-6)14(11,12)13/h3-5,10H,1-2H3,(H,11,12,13). The summed E-state index contributed by atoms with van der Waals surface area (Å²) in [4.78, 5) is 1.18. The molecule has 0 aliphatic heterocycles. The fraction of sp³-hybridized carbons (Fsp3) is 0.250. The van der Waals surface area contributed by atoms with Gasteiger partial charge in [-0.1, -0.05) is 0 Å². The topological polar surface area (TPSA) is 77.8 Å². The number of anilines is 1. The molecule has 0 aliphatic carbocycles. The summed E-state index contributed by atoms with van der Waals surface area (Å²) in [5.41, 5.74) is 0.579. The lowest BCUT2D eigenvalue weighted by Gasteiger charge is -2.13. The van der Waals surface area contributed by atoms with E-state index in [1.165, 1.54) is 12.1 Å². The van der Waals surface area contributed by atoms with Gasteiger partial charge in [0.15, 0.2) is 0 Å². The molecule has 0 aliphatic rings. The van der Waals surface area contributed by atoms with E-state index in [2.05, 4.69) is 0 Å². The Morgan fingerprint density at radius 3 is 2.29 bits per heavy atom. The van der Waals surface area contributed by atoms with E-state index in [9.17, 15) is 13.5 Å². The summed E-state index contributed by atoms with van der Waals surface area (Å²) in [6, 6.07) is 3.97. The Kier molecular flexibility index (Phi) is 2.68. The van der Waals surface area contributed by atoms with Gasteiger partial charge in [-0.05, 0) is 18.2 Å². The molecular formula is C8H11NO4S. The van der Waals surface area contributed by atoms with E-state index in [1.54, 1.807) is 25.1 Å². The van der Waals surface area contributed by atoms with Gasteiger partial charge in [0.1, 0.15) is 10.6 Å². The number of hydrogen-bond donors (Lipinski definition) is 2. The second-order valence-electron chi connectivity index (χ2n) is 3.02. The van der Waals surface area contributed by atoms with Gasteiger partial charge in [-0.3, -0.25) is 4.55 Å². The summed E-state index contributed by atoms with van der Waals surface area (Å²) in [7, 11) is -0.921. The first-order valence-electron chi connectivity index (χ1n) is 3.80. The fourth-order valence-electron chi connectivity index (χ4n) is 0.988. The first-order chi connectivity index (χ1) is 6.32. The average Bonchev–Trinajstić information content (AvgIpc) is 2.02. The normalized spacial score (nSPS) is 11.4. The number of phenolic OH excluding ortho intramolecular Hbond substituents is 1. The molecule has 5 nitrogen and oxygen atoms in total. The van der Waals surface area contributed by atoms with Crippen LogP contribution in [0.3, 0.4) is 0 Å². The van der Waals surface area contributed by atoms with Crippen molar-refractivity contribution in [2.75, 3.05) is 19.0 Å². The molecule has 1 aromatic rings. The van der Waals surface area contributed by atoms with E-state index in [1.807, 2.05) is 0 Å². The Balaban J connectivity index is 3.37. The Labute approximate surface area is 82.3 Å². The lowest BCUT2D eigenvalue weighted by Crippen LogP contribution is -2.09. The van der Waals surface area contributed by atoms with E-state index < -0.39 is 20.8 Å². The minimum atomic E-state index is -4.37. The van der Waals surface area contributed by atoms with Crippen molar-refractivity contribution in [1.82, 2.24) is 0 Å². The van der Waals surface area contributed by atoms with Crippen molar-refractivity contribution in [2.24, 2.45) is 0 Å². The lowest BCUT2D eigenvalue weighted by atomic mass is 10.3. The fourth-order valence-corrected chi connectivity index (χ4v) is 1.59. The summed E-state index contributed by atoms with van der Waals surface area (Å²) < 4.78 is 30.4. The predicted molar refractivity (Wildman–Crippen MR) is 52.2 cm³/mol. The van der Waals surface area contributed by atoms with Crippen molar-refractivity contribution in [3.8, 4) is 5.75 Å². The number of nitrogens with zero attached hydrogens (tertiary/aromatic N) is 1. The van der Waals surface area contributed by atoms with Gasteiger partial charge in [-0.15, -0.1) is 0 Å². The smallest absolute Gasteiger partial charge is 0.298 e. The van der Waals surface area contributed by atoms with Gasteiger partial charge in [-0.25, -0.2) is 0 Å². The van der Waals surface area contributed by atoms with Gasteiger partial charge in [0.05, 0.1) is 0 Å². The molecule has 0 amide bonds. The van der Waals surface area contributed by atoms with Crippen LogP contribution in [0.4, 0.5) is 5.69 Å². The van der Waals surface area contributed by atoms with Gasteiger partial charge in [0, 0.05) is 19.8 Å². The van der Waals surface area contributed by atoms with Crippen LogP contribution in [0.15, 0.2) is 23.1 Å². The first-order valence-corrected chi connectivity index (χ1v) is 5.24. The van der Waals surface area contributed by atoms with Crippen LogP contribution in [0.5, 0.6) is 5.75 Å². The van der Waals surface area contributed by atoms with Gasteiger partial charge >= 0.3 is 0 Å². The SMILES string of the molecule is CN(C)c1ccc(O)c(S(=O)(=O)O)c1. The zero-order valence-corrected chi connectivity index (χ0v) is 8.61. The molecule has 6 heteroatoms. The molecule has 2 N–H and O–H groups in total. The molecule has 1 rings (SSSR count). The second kappa shape index (κ2) is 3.47. The van der Waals surface area contributed by atoms with Crippen LogP contribution in [0, 0.1) is 0 Å².